The van der Waals surface area contributed by atoms with Crippen molar-refractivity contribution in [2.24, 2.45) is 0 Å². The van der Waals surface area contributed by atoms with Crippen molar-refractivity contribution in [3.63, 3.8) is 0 Å². The van der Waals surface area contributed by atoms with Crippen LogP contribution in [0, 0.1) is 0 Å². The topological polar surface area (TPSA) is 48.4 Å². The number of nitrogens with one attached hydrogen (secondary N) is 1. The summed E-state index contributed by atoms with van der Waals surface area (Å²) in [6.45, 7) is 4.01. The number of pyridine rings is 1. The van der Waals surface area contributed by atoms with Crippen LogP contribution in [-0.4, -0.2) is 35.8 Å². The Morgan fingerprint density at radius 1 is 1.44 bits per heavy atom. The standard InChI is InChI=1S/C14H23N3O/c1-2-6-16-12-9-14(11-15-10-12)17(7-8-18)13-4-3-5-13/h9-11,13,16,18H,2-8H2,1H3. The van der Waals surface area contributed by atoms with Crippen LogP contribution in [0.25, 0.3) is 0 Å². The number of anilines is 2. The molecule has 1 fully saturated rings. The van der Waals surface area contributed by atoms with Gasteiger partial charge in [0, 0.05) is 19.1 Å². The van der Waals surface area contributed by atoms with Crippen molar-refractivity contribution in [3.8, 4) is 0 Å². The van der Waals surface area contributed by atoms with Crippen molar-refractivity contribution >= 4 is 11.4 Å². The summed E-state index contributed by atoms with van der Waals surface area (Å²) in [6.07, 6.45) is 8.61. The van der Waals surface area contributed by atoms with Crippen molar-refractivity contribution in [2.45, 2.75) is 38.6 Å². The largest absolute Gasteiger partial charge is 0.395 e. The number of hydrogen-bond acceptors (Lipinski definition) is 4. The third-order valence-corrected chi connectivity index (χ3v) is 3.49. The molecule has 1 saturated carbocycles. The van der Waals surface area contributed by atoms with Crippen molar-refractivity contribution in [2.75, 3.05) is 29.9 Å². The Balaban J connectivity index is 2.08. The third kappa shape index (κ3) is 3.13. The molecule has 18 heavy (non-hydrogen) atoms. The van der Waals surface area contributed by atoms with Gasteiger partial charge in [-0.1, -0.05) is 6.92 Å². The number of aliphatic hydroxyl groups excluding tert-OH is 1. The van der Waals surface area contributed by atoms with Gasteiger partial charge in [-0.2, -0.15) is 0 Å². The summed E-state index contributed by atoms with van der Waals surface area (Å²) in [6, 6.07) is 2.72. The Kier molecular flexibility index (Phi) is 4.81. The summed E-state index contributed by atoms with van der Waals surface area (Å²) >= 11 is 0. The molecule has 0 bridgehead atoms. The fraction of sp³-hybridized carbons (Fsp3) is 0.643. The second kappa shape index (κ2) is 6.59. The fourth-order valence-corrected chi connectivity index (χ4v) is 2.28. The summed E-state index contributed by atoms with van der Waals surface area (Å²) in [5.41, 5.74) is 2.19. The molecule has 0 amide bonds. The zero-order chi connectivity index (χ0) is 12.8. The zero-order valence-electron chi connectivity index (χ0n) is 11.1. The summed E-state index contributed by atoms with van der Waals surface area (Å²) in [7, 11) is 0. The lowest BCUT2D eigenvalue weighted by Crippen LogP contribution is -2.42. The predicted octanol–water partition coefficient (Wildman–Crippen LogP) is 2.25. The molecule has 2 rings (SSSR count). The van der Waals surface area contributed by atoms with Gasteiger partial charge >= 0.3 is 0 Å². The Morgan fingerprint density at radius 3 is 2.89 bits per heavy atom. The van der Waals surface area contributed by atoms with Gasteiger partial charge in [0.25, 0.3) is 0 Å². The summed E-state index contributed by atoms with van der Waals surface area (Å²) in [5, 5.41) is 12.6. The number of rotatable bonds is 7. The molecule has 1 aliphatic carbocycles. The Labute approximate surface area is 109 Å². The summed E-state index contributed by atoms with van der Waals surface area (Å²) < 4.78 is 0. The predicted molar refractivity (Wildman–Crippen MR) is 75.1 cm³/mol. The maximum atomic E-state index is 9.20. The van der Waals surface area contributed by atoms with Gasteiger partial charge in [0.1, 0.15) is 0 Å². The first kappa shape index (κ1) is 13.1. The lowest BCUT2D eigenvalue weighted by atomic mass is 9.91. The van der Waals surface area contributed by atoms with E-state index in [0.29, 0.717) is 12.6 Å². The van der Waals surface area contributed by atoms with Gasteiger partial charge in [-0.15, -0.1) is 0 Å². The van der Waals surface area contributed by atoms with E-state index in [1.165, 1.54) is 19.3 Å². The number of hydrogen-bond donors (Lipinski definition) is 2. The highest BCUT2D eigenvalue weighted by Crippen LogP contribution is 2.29. The minimum Gasteiger partial charge on any atom is -0.395 e. The quantitative estimate of drug-likeness (QED) is 0.778. The Hall–Kier alpha value is -1.29. The second-order valence-electron chi connectivity index (χ2n) is 4.86. The molecule has 1 aromatic rings. The molecule has 0 aliphatic heterocycles. The van der Waals surface area contributed by atoms with E-state index in [9.17, 15) is 5.11 Å². The molecule has 1 aromatic heterocycles. The molecule has 0 aromatic carbocycles. The van der Waals surface area contributed by atoms with Crippen LogP contribution in [-0.2, 0) is 0 Å². The molecule has 4 nitrogen and oxygen atoms in total. The summed E-state index contributed by atoms with van der Waals surface area (Å²) in [5.74, 6) is 0. The highest BCUT2D eigenvalue weighted by atomic mass is 16.3. The van der Waals surface area contributed by atoms with E-state index in [0.717, 1.165) is 24.3 Å². The number of aromatic nitrogens is 1. The molecule has 0 saturated heterocycles. The Bertz CT molecular complexity index is 366. The van der Waals surface area contributed by atoms with Gasteiger partial charge in [0.05, 0.1) is 30.4 Å². The second-order valence-corrected chi connectivity index (χ2v) is 4.86. The van der Waals surface area contributed by atoms with Gasteiger partial charge in [-0.3, -0.25) is 4.98 Å². The maximum absolute atomic E-state index is 9.20. The lowest BCUT2D eigenvalue weighted by molar-refractivity contribution is 0.283. The zero-order valence-corrected chi connectivity index (χ0v) is 11.1. The van der Waals surface area contributed by atoms with Gasteiger partial charge in [0.15, 0.2) is 0 Å². The fourth-order valence-electron chi connectivity index (χ4n) is 2.28. The molecule has 0 radical (unpaired) electrons. The van der Waals surface area contributed by atoms with Crippen molar-refractivity contribution in [1.29, 1.82) is 0 Å². The van der Waals surface area contributed by atoms with E-state index in [2.05, 4.69) is 28.2 Å². The van der Waals surface area contributed by atoms with Crippen LogP contribution in [0.5, 0.6) is 0 Å². The maximum Gasteiger partial charge on any atom is 0.0606 e. The Morgan fingerprint density at radius 2 is 2.28 bits per heavy atom. The molecule has 1 aliphatic rings. The molecular formula is C14H23N3O. The molecule has 100 valence electrons. The van der Waals surface area contributed by atoms with Gasteiger partial charge in [-0.25, -0.2) is 0 Å². The van der Waals surface area contributed by atoms with Crippen molar-refractivity contribution < 1.29 is 5.11 Å². The van der Waals surface area contributed by atoms with Crippen LogP contribution in [0.3, 0.4) is 0 Å². The van der Waals surface area contributed by atoms with Crippen LogP contribution >= 0.6 is 0 Å². The minimum absolute atomic E-state index is 0.198. The highest BCUT2D eigenvalue weighted by molar-refractivity contribution is 5.56. The highest BCUT2D eigenvalue weighted by Gasteiger charge is 2.25. The molecular weight excluding hydrogens is 226 g/mol. The van der Waals surface area contributed by atoms with E-state index in [1.807, 2.05) is 12.4 Å². The van der Waals surface area contributed by atoms with E-state index in [4.69, 9.17) is 0 Å². The molecule has 1 heterocycles. The van der Waals surface area contributed by atoms with Gasteiger partial charge < -0.3 is 15.3 Å². The monoisotopic (exact) mass is 249 g/mol. The van der Waals surface area contributed by atoms with Crippen LogP contribution in [0.1, 0.15) is 32.6 Å². The minimum atomic E-state index is 0.198. The molecule has 2 N–H and O–H groups in total. The van der Waals surface area contributed by atoms with E-state index >= 15 is 0 Å². The van der Waals surface area contributed by atoms with Gasteiger partial charge in [-0.05, 0) is 31.7 Å². The van der Waals surface area contributed by atoms with E-state index in [1.54, 1.807) is 0 Å². The lowest BCUT2D eigenvalue weighted by Gasteiger charge is -2.38. The van der Waals surface area contributed by atoms with E-state index in [-0.39, 0.29) is 6.61 Å². The third-order valence-electron chi connectivity index (χ3n) is 3.49. The van der Waals surface area contributed by atoms with Crippen LogP contribution in [0.15, 0.2) is 18.5 Å². The smallest absolute Gasteiger partial charge is 0.0606 e. The average molecular weight is 249 g/mol. The normalized spacial score (nSPS) is 15.2. The van der Waals surface area contributed by atoms with Gasteiger partial charge in [0.2, 0.25) is 0 Å². The van der Waals surface area contributed by atoms with Crippen molar-refractivity contribution in [3.05, 3.63) is 18.5 Å². The van der Waals surface area contributed by atoms with E-state index < -0.39 is 0 Å². The van der Waals surface area contributed by atoms with Crippen LogP contribution in [0.2, 0.25) is 0 Å². The molecule has 0 unspecified atom stereocenters. The first-order valence-electron chi connectivity index (χ1n) is 6.91. The number of aliphatic hydroxyl groups is 1. The van der Waals surface area contributed by atoms with Crippen LogP contribution < -0.4 is 10.2 Å². The molecule has 0 spiro atoms. The first-order valence-corrected chi connectivity index (χ1v) is 6.91. The number of nitrogens with zero attached hydrogens (tertiary/aromatic N) is 2. The SMILES string of the molecule is CCCNc1cncc(N(CCO)C2CCC2)c1. The molecule has 4 heteroatoms. The van der Waals surface area contributed by atoms with Crippen molar-refractivity contribution in [1.82, 2.24) is 4.98 Å². The molecule has 0 atom stereocenters. The first-order chi connectivity index (χ1) is 8.85. The average Bonchev–Trinajstić information content (AvgIpc) is 2.34. The van der Waals surface area contributed by atoms with Crippen LogP contribution in [0.4, 0.5) is 11.4 Å². The summed E-state index contributed by atoms with van der Waals surface area (Å²) in [4.78, 5) is 6.58.